The number of fused-ring (bicyclic) bond motifs is 1. The molecule has 0 bridgehead atoms. The molecule has 1 aromatic carbocycles. The molecule has 6 nitrogen and oxygen atoms in total. The monoisotopic (exact) mass is 371 g/mol. The predicted molar refractivity (Wildman–Crippen MR) is 96.4 cm³/mol. The molecule has 0 unspecified atom stereocenters. The predicted octanol–water partition coefficient (Wildman–Crippen LogP) is 3.08. The second-order valence-electron chi connectivity index (χ2n) is 7.28. The van der Waals surface area contributed by atoms with Crippen molar-refractivity contribution in [1.29, 1.82) is 0 Å². The smallest absolute Gasteiger partial charge is 0.335 e. The average Bonchev–Trinajstić information content (AvgIpc) is 3.11. The Bertz CT molecular complexity index is 885. The SMILES string of the molecule is O=C(O)c1ccc(C(=O)N2CCC(c3ncc4n3CCCC4)CC2)c(F)c1. The van der Waals surface area contributed by atoms with E-state index in [0.717, 1.165) is 37.7 Å². The van der Waals surface area contributed by atoms with Crippen LogP contribution in [0.15, 0.2) is 24.4 Å². The number of likely N-dealkylation sites (tertiary alicyclic amines) is 1. The highest BCUT2D eigenvalue weighted by Crippen LogP contribution is 2.30. The quantitative estimate of drug-likeness (QED) is 0.900. The van der Waals surface area contributed by atoms with Gasteiger partial charge in [-0.2, -0.15) is 0 Å². The Morgan fingerprint density at radius 1 is 1.15 bits per heavy atom. The van der Waals surface area contributed by atoms with Gasteiger partial charge in [-0.25, -0.2) is 14.2 Å². The summed E-state index contributed by atoms with van der Waals surface area (Å²) in [5, 5.41) is 8.92. The molecular formula is C20H22FN3O3. The van der Waals surface area contributed by atoms with Gasteiger partial charge >= 0.3 is 5.97 Å². The third-order valence-corrected chi connectivity index (χ3v) is 5.63. The van der Waals surface area contributed by atoms with Crippen LogP contribution in [0, 0.1) is 5.82 Å². The fourth-order valence-corrected chi connectivity index (χ4v) is 4.12. The molecule has 0 saturated carbocycles. The van der Waals surface area contributed by atoms with Crippen LogP contribution < -0.4 is 0 Å². The summed E-state index contributed by atoms with van der Waals surface area (Å²) in [5.41, 5.74) is 1.07. The molecule has 0 aliphatic carbocycles. The van der Waals surface area contributed by atoms with Crippen LogP contribution in [0.25, 0.3) is 0 Å². The molecule has 4 rings (SSSR count). The minimum absolute atomic E-state index is 0.0726. The summed E-state index contributed by atoms with van der Waals surface area (Å²) in [5.74, 6) is -0.942. The highest BCUT2D eigenvalue weighted by Gasteiger charge is 2.29. The van der Waals surface area contributed by atoms with Gasteiger partial charge in [0.2, 0.25) is 0 Å². The fraction of sp³-hybridized carbons (Fsp3) is 0.450. The van der Waals surface area contributed by atoms with E-state index in [1.54, 1.807) is 4.90 Å². The molecule has 3 heterocycles. The van der Waals surface area contributed by atoms with E-state index in [1.807, 2.05) is 6.20 Å². The van der Waals surface area contributed by atoms with Crippen molar-refractivity contribution >= 4 is 11.9 Å². The lowest BCUT2D eigenvalue weighted by Crippen LogP contribution is -2.39. The third-order valence-electron chi connectivity index (χ3n) is 5.63. The molecule has 2 aliphatic rings. The number of imidazole rings is 1. The zero-order chi connectivity index (χ0) is 19.0. The second-order valence-corrected chi connectivity index (χ2v) is 7.28. The number of nitrogens with zero attached hydrogens (tertiary/aromatic N) is 3. The molecule has 0 atom stereocenters. The topological polar surface area (TPSA) is 75.4 Å². The van der Waals surface area contributed by atoms with Gasteiger partial charge in [-0.05, 0) is 50.3 Å². The molecule has 1 fully saturated rings. The van der Waals surface area contributed by atoms with Gasteiger partial charge in [0.1, 0.15) is 11.6 Å². The summed E-state index contributed by atoms with van der Waals surface area (Å²) in [6, 6.07) is 3.43. The number of benzene rings is 1. The van der Waals surface area contributed by atoms with Gasteiger partial charge in [-0.1, -0.05) is 0 Å². The molecule has 2 aliphatic heterocycles. The second kappa shape index (κ2) is 7.13. The van der Waals surface area contributed by atoms with Gasteiger partial charge in [0.15, 0.2) is 0 Å². The van der Waals surface area contributed by atoms with Crippen molar-refractivity contribution in [2.45, 2.75) is 44.6 Å². The fourth-order valence-electron chi connectivity index (χ4n) is 4.12. The van der Waals surface area contributed by atoms with Crippen LogP contribution in [-0.2, 0) is 13.0 Å². The first-order chi connectivity index (χ1) is 13.0. The van der Waals surface area contributed by atoms with Gasteiger partial charge in [0.25, 0.3) is 5.91 Å². The number of carbonyl (C=O) groups is 2. The number of carbonyl (C=O) groups excluding carboxylic acids is 1. The number of amides is 1. The number of halogens is 1. The molecule has 1 aromatic heterocycles. The summed E-state index contributed by atoms with van der Waals surface area (Å²) >= 11 is 0. The van der Waals surface area contributed by atoms with Crippen molar-refractivity contribution in [3.8, 4) is 0 Å². The molecule has 142 valence electrons. The standard InChI is InChI=1S/C20H22FN3O3/c21-17-11-14(20(26)27)4-5-16(17)19(25)23-9-6-13(7-10-23)18-22-12-15-3-1-2-8-24(15)18/h4-5,11-13H,1-3,6-10H2,(H,26,27). The van der Waals surface area contributed by atoms with Crippen molar-refractivity contribution < 1.29 is 19.1 Å². The molecule has 27 heavy (non-hydrogen) atoms. The zero-order valence-electron chi connectivity index (χ0n) is 15.0. The van der Waals surface area contributed by atoms with E-state index < -0.39 is 11.8 Å². The number of carboxylic acids is 1. The molecule has 7 heteroatoms. The average molecular weight is 371 g/mol. The molecule has 1 N–H and O–H groups in total. The first-order valence-corrected chi connectivity index (χ1v) is 9.41. The lowest BCUT2D eigenvalue weighted by Gasteiger charge is -2.32. The summed E-state index contributed by atoms with van der Waals surface area (Å²) in [4.78, 5) is 29.8. The molecule has 2 aromatic rings. The van der Waals surface area contributed by atoms with Crippen molar-refractivity contribution in [2.24, 2.45) is 0 Å². The van der Waals surface area contributed by atoms with Crippen LogP contribution in [-0.4, -0.2) is 44.5 Å². The number of aryl methyl sites for hydroxylation is 1. The highest BCUT2D eigenvalue weighted by atomic mass is 19.1. The van der Waals surface area contributed by atoms with Crippen molar-refractivity contribution in [3.63, 3.8) is 0 Å². The number of carboxylic acid groups (broad SMARTS) is 1. The number of aromatic carboxylic acids is 1. The number of rotatable bonds is 3. The summed E-state index contributed by atoms with van der Waals surface area (Å²) < 4.78 is 16.5. The molecule has 0 spiro atoms. The largest absolute Gasteiger partial charge is 0.478 e. The Morgan fingerprint density at radius 3 is 2.63 bits per heavy atom. The summed E-state index contributed by atoms with van der Waals surface area (Å²) in [6.45, 7) is 2.11. The lowest BCUT2D eigenvalue weighted by molar-refractivity contribution is 0.0685. The summed E-state index contributed by atoms with van der Waals surface area (Å²) in [7, 11) is 0. The molecule has 0 radical (unpaired) electrons. The first-order valence-electron chi connectivity index (χ1n) is 9.41. The number of hydrogen-bond acceptors (Lipinski definition) is 3. The van der Waals surface area contributed by atoms with Crippen LogP contribution in [0.1, 0.15) is 63.8 Å². The Kier molecular flexibility index (Phi) is 4.68. The maximum Gasteiger partial charge on any atom is 0.335 e. The van der Waals surface area contributed by atoms with Crippen LogP contribution in [0.3, 0.4) is 0 Å². The molecule has 1 saturated heterocycles. The Balaban J connectivity index is 1.44. The Labute approximate surface area is 156 Å². The van der Waals surface area contributed by atoms with Gasteiger partial charge in [0.05, 0.1) is 11.1 Å². The zero-order valence-corrected chi connectivity index (χ0v) is 15.0. The number of piperidine rings is 1. The molecular weight excluding hydrogens is 349 g/mol. The third kappa shape index (κ3) is 3.34. The van der Waals surface area contributed by atoms with E-state index >= 15 is 0 Å². The van der Waals surface area contributed by atoms with Crippen LogP contribution in [0.2, 0.25) is 0 Å². The normalized spacial score (nSPS) is 17.6. The Morgan fingerprint density at radius 2 is 1.93 bits per heavy atom. The minimum Gasteiger partial charge on any atom is -0.478 e. The van der Waals surface area contributed by atoms with Crippen LogP contribution >= 0.6 is 0 Å². The number of hydrogen-bond donors (Lipinski definition) is 1. The van der Waals surface area contributed by atoms with Gasteiger partial charge in [-0.15, -0.1) is 0 Å². The Hall–Kier alpha value is -2.70. The van der Waals surface area contributed by atoms with E-state index in [4.69, 9.17) is 5.11 Å². The maximum atomic E-state index is 14.2. The van der Waals surface area contributed by atoms with Crippen molar-refractivity contribution in [1.82, 2.24) is 14.5 Å². The van der Waals surface area contributed by atoms with E-state index in [2.05, 4.69) is 9.55 Å². The van der Waals surface area contributed by atoms with E-state index in [1.165, 1.54) is 30.7 Å². The first kappa shape index (κ1) is 17.7. The maximum absolute atomic E-state index is 14.2. The van der Waals surface area contributed by atoms with E-state index in [9.17, 15) is 14.0 Å². The van der Waals surface area contributed by atoms with Crippen molar-refractivity contribution in [2.75, 3.05) is 13.1 Å². The number of aromatic nitrogens is 2. The van der Waals surface area contributed by atoms with E-state index in [0.29, 0.717) is 19.0 Å². The van der Waals surface area contributed by atoms with Gasteiger partial charge in [-0.3, -0.25) is 4.79 Å². The van der Waals surface area contributed by atoms with Crippen LogP contribution in [0.5, 0.6) is 0 Å². The van der Waals surface area contributed by atoms with Gasteiger partial charge < -0.3 is 14.6 Å². The molecule has 1 amide bonds. The van der Waals surface area contributed by atoms with Crippen molar-refractivity contribution in [3.05, 3.63) is 52.9 Å². The minimum atomic E-state index is -1.21. The van der Waals surface area contributed by atoms with Gasteiger partial charge in [0, 0.05) is 37.4 Å². The lowest BCUT2D eigenvalue weighted by atomic mass is 9.95. The highest BCUT2D eigenvalue weighted by molar-refractivity contribution is 5.96. The van der Waals surface area contributed by atoms with Crippen LogP contribution in [0.4, 0.5) is 4.39 Å². The van der Waals surface area contributed by atoms with E-state index in [-0.39, 0.29) is 17.0 Å². The summed E-state index contributed by atoms with van der Waals surface area (Å²) in [6.07, 6.45) is 7.05.